The van der Waals surface area contributed by atoms with Crippen LogP contribution in [0.2, 0.25) is 0 Å². The Kier molecular flexibility index (Phi) is 4.59. The fraction of sp³-hybridized carbons (Fsp3) is 0.227. The van der Waals surface area contributed by atoms with Gasteiger partial charge in [-0.1, -0.05) is 54.6 Å². The van der Waals surface area contributed by atoms with Gasteiger partial charge in [0.05, 0.1) is 11.8 Å². The van der Waals surface area contributed by atoms with Crippen molar-refractivity contribution in [3.63, 3.8) is 0 Å². The van der Waals surface area contributed by atoms with Crippen LogP contribution in [0.25, 0.3) is 11.1 Å². The molecular formula is C22H20N2O3. The fourth-order valence-corrected chi connectivity index (χ4v) is 3.75. The first-order chi connectivity index (χ1) is 13.1. The maximum absolute atomic E-state index is 12.4. The number of likely N-dealkylation sites (tertiary alicyclic amines) is 1. The molecule has 27 heavy (non-hydrogen) atoms. The summed E-state index contributed by atoms with van der Waals surface area (Å²) in [7, 11) is 0. The van der Waals surface area contributed by atoms with Crippen molar-refractivity contribution in [2.45, 2.75) is 12.8 Å². The molecule has 0 aromatic heterocycles. The average Bonchev–Trinajstić information content (AvgIpc) is 2.94. The van der Waals surface area contributed by atoms with E-state index in [4.69, 9.17) is 0 Å². The van der Waals surface area contributed by atoms with Crippen LogP contribution in [-0.4, -0.2) is 29.2 Å². The summed E-state index contributed by atoms with van der Waals surface area (Å²) < 4.78 is 0. The predicted octanol–water partition coefficient (Wildman–Crippen LogP) is 3.24. The van der Waals surface area contributed by atoms with Gasteiger partial charge in [-0.25, -0.2) is 0 Å². The van der Waals surface area contributed by atoms with Gasteiger partial charge in [-0.2, -0.15) is 0 Å². The number of rotatable bonds is 4. The highest BCUT2D eigenvalue weighted by atomic mass is 16.2. The van der Waals surface area contributed by atoms with Gasteiger partial charge < -0.3 is 5.32 Å². The van der Waals surface area contributed by atoms with Crippen LogP contribution < -0.4 is 5.32 Å². The maximum Gasteiger partial charge on any atom is 0.244 e. The normalized spacial score (nSPS) is 21.3. The van der Waals surface area contributed by atoms with Crippen molar-refractivity contribution in [2.75, 3.05) is 11.9 Å². The van der Waals surface area contributed by atoms with E-state index < -0.39 is 0 Å². The first kappa shape index (κ1) is 17.2. The molecule has 1 saturated heterocycles. The Balaban J connectivity index is 1.40. The van der Waals surface area contributed by atoms with E-state index in [1.54, 1.807) is 0 Å². The minimum Gasteiger partial charge on any atom is -0.325 e. The molecule has 136 valence electrons. The zero-order valence-corrected chi connectivity index (χ0v) is 14.8. The second-order valence-corrected chi connectivity index (χ2v) is 6.91. The summed E-state index contributed by atoms with van der Waals surface area (Å²) in [6.45, 7) is -0.231. The summed E-state index contributed by atoms with van der Waals surface area (Å²) in [5.41, 5.74) is 2.78. The molecule has 1 fully saturated rings. The average molecular weight is 360 g/mol. The molecule has 5 nitrogen and oxygen atoms in total. The van der Waals surface area contributed by atoms with Crippen LogP contribution in [-0.2, 0) is 14.4 Å². The fourth-order valence-electron chi connectivity index (χ4n) is 3.75. The molecular weight excluding hydrogens is 340 g/mol. The minimum atomic E-state index is -0.365. The largest absolute Gasteiger partial charge is 0.325 e. The Hall–Kier alpha value is -3.21. The van der Waals surface area contributed by atoms with Crippen molar-refractivity contribution in [1.29, 1.82) is 0 Å². The van der Waals surface area contributed by atoms with Gasteiger partial charge in [0.1, 0.15) is 6.54 Å². The lowest BCUT2D eigenvalue weighted by Gasteiger charge is -2.14. The molecule has 1 aliphatic heterocycles. The molecule has 1 heterocycles. The lowest BCUT2D eigenvalue weighted by molar-refractivity contribution is -0.142. The van der Waals surface area contributed by atoms with Gasteiger partial charge in [-0.05, 0) is 36.1 Å². The smallest absolute Gasteiger partial charge is 0.244 e. The summed E-state index contributed by atoms with van der Waals surface area (Å²) >= 11 is 0. The van der Waals surface area contributed by atoms with Gasteiger partial charge in [0.25, 0.3) is 0 Å². The lowest BCUT2D eigenvalue weighted by atomic mass is 9.85. The molecule has 0 unspecified atom stereocenters. The van der Waals surface area contributed by atoms with Crippen LogP contribution in [0.3, 0.4) is 0 Å². The number of carbonyl (C=O) groups is 3. The van der Waals surface area contributed by atoms with Gasteiger partial charge in [-0.15, -0.1) is 0 Å². The molecule has 4 rings (SSSR count). The predicted molar refractivity (Wildman–Crippen MR) is 103 cm³/mol. The maximum atomic E-state index is 12.4. The lowest BCUT2D eigenvalue weighted by Crippen LogP contribution is -2.38. The van der Waals surface area contributed by atoms with Gasteiger partial charge >= 0.3 is 0 Å². The zero-order valence-electron chi connectivity index (χ0n) is 14.8. The third-order valence-electron chi connectivity index (χ3n) is 5.18. The van der Waals surface area contributed by atoms with Crippen molar-refractivity contribution in [1.82, 2.24) is 4.90 Å². The molecule has 0 spiro atoms. The SMILES string of the molecule is O=C(CN1C(=O)[C@H]2CC=CC[C@@H]2C1=O)Nc1ccc(-c2ccccc2)cc1. The molecule has 1 N–H and O–H groups in total. The summed E-state index contributed by atoms with van der Waals surface area (Å²) in [4.78, 5) is 38.3. The standard InChI is InChI=1S/C22H20N2O3/c25-20(14-24-21(26)18-8-4-5-9-19(18)22(24)27)23-17-12-10-16(11-13-17)15-6-2-1-3-7-15/h1-7,10-13,18-19H,8-9,14H2,(H,23,25)/t18-,19-/m0/s1. The summed E-state index contributed by atoms with van der Waals surface area (Å²) in [6, 6.07) is 17.4. The van der Waals surface area contributed by atoms with Crippen molar-refractivity contribution in [3.8, 4) is 11.1 Å². The number of imide groups is 1. The van der Waals surface area contributed by atoms with Gasteiger partial charge in [0.2, 0.25) is 17.7 Å². The van der Waals surface area contributed by atoms with E-state index in [0.717, 1.165) is 16.0 Å². The van der Waals surface area contributed by atoms with E-state index in [-0.39, 0.29) is 36.1 Å². The summed E-state index contributed by atoms with van der Waals surface area (Å²) in [6.07, 6.45) is 5.02. The number of nitrogens with zero attached hydrogens (tertiary/aromatic N) is 1. The first-order valence-electron chi connectivity index (χ1n) is 9.09. The van der Waals surface area contributed by atoms with Gasteiger partial charge in [0, 0.05) is 5.69 Å². The highest BCUT2D eigenvalue weighted by Crippen LogP contribution is 2.34. The van der Waals surface area contributed by atoms with E-state index in [1.165, 1.54) is 0 Å². The molecule has 0 bridgehead atoms. The quantitative estimate of drug-likeness (QED) is 0.672. The topological polar surface area (TPSA) is 66.5 Å². The molecule has 2 aromatic rings. The second kappa shape index (κ2) is 7.19. The van der Waals surface area contributed by atoms with Gasteiger partial charge in [-0.3, -0.25) is 19.3 Å². The van der Waals surface area contributed by atoms with Crippen LogP contribution in [0.1, 0.15) is 12.8 Å². The minimum absolute atomic E-state index is 0.231. The van der Waals surface area contributed by atoms with Crippen LogP contribution in [0, 0.1) is 11.8 Å². The van der Waals surface area contributed by atoms with E-state index in [2.05, 4.69) is 5.32 Å². The van der Waals surface area contributed by atoms with Crippen LogP contribution in [0.15, 0.2) is 66.7 Å². The van der Waals surface area contributed by atoms with Crippen molar-refractivity contribution < 1.29 is 14.4 Å². The third-order valence-corrected chi connectivity index (χ3v) is 5.18. The number of allylic oxidation sites excluding steroid dienone is 2. The molecule has 2 atom stereocenters. The molecule has 2 aliphatic rings. The number of hydrogen-bond acceptors (Lipinski definition) is 3. The number of anilines is 1. The molecule has 2 aromatic carbocycles. The molecule has 1 aliphatic carbocycles. The zero-order chi connectivity index (χ0) is 18.8. The number of amides is 3. The number of benzene rings is 2. The van der Waals surface area contributed by atoms with E-state index in [0.29, 0.717) is 18.5 Å². The Morgan fingerprint density at radius 1 is 0.852 bits per heavy atom. The Labute approximate surface area is 157 Å². The van der Waals surface area contributed by atoms with Crippen LogP contribution in [0.4, 0.5) is 5.69 Å². The molecule has 0 saturated carbocycles. The highest BCUT2D eigenvalue weighted by Gasteiger charge is 2.47. The number of nitrogens with one attached hydrogen (secondary N) is 1. The Morgan fingerprint density at radius 2 is 1.41 bits per heavy atom. The third kappa shape index (κ3) is 3.40. The Morgan fingerprint density at radius 3 is 2.00 bits per heavy atom. The molecule has 5 heteroatoms. The summed E-state index contributed by atoms with van der Waals surface area (Å²) in [5, 5.41) is 2.77. The van der Waals surface area contributed by atoms with E-state index in [1.807, 2.05) is 66.7 Å². The van der Waals surface area contributed by atoms with Crippen LogP contribution in [0.5, 0.6) is 0 Å². The van der Waals surface area contributed by atoms with Crippen molar-refractivity contribution >= 4 is 23.4 Å². The van der Waals surface area contributed by atoms with Crippen LogP contribution >= 0.6 is 0 Å². The summed E-state index contributed by atoms with van der Waals surface area (Å²) in [5.74, 6) is -1.44. The van der Waals surface area contributed by atoms with Crippen molar-refractivity contribution in [2.24, 2.45) is 11.8 Å². The van der Waals surface area contributed by atoms with Crippen molar-refractivity contribution in [3.05, 3.63) is 66.7 Å². The van der Waals surface area contributed by atoms with E-state index in [9.17, 15) is 14.4 Å². The Bertz CT molecular complexity index is 877. The van der Waals surface area contributed by atoms with E-state index >= 15 is 0 Å². The van der Waals surface area contributed by atoms with Gasteiger partial charge in [0.15, 0.2) is 0 Å². The first-order valence-corrected chi connectivity index (χ1v) is 9.09. The number of fused-ring (bicyclic) bond motifs is 1. The number of hydrogen-bond donors (Lipinski definition) is 1. The monoisotopic (exact) mass is 360 g/mol. The highest BCUT2D eigenvalue weighted by molar-refractivity contribution is 6.08. The second-order valence-electron chi connectivity index (χ2n) is 6.91. The molecule has 3 amide bonds. The molecule has 0 radical (unpaired) electrons. The number of carbonyl (C=O) groups excluding carboxylic acids is 3.